The zero-order chi connectivity index (χ0) is 18.4. The Hall–Kier alpha value is -2.34. The number of hydrogen-bond donors (Lipinski definition) is 2. The Morgan fingerprint density at radius 2 is 1.88 bits per heavy atom. The van der Waals surface area contributed by atoms with Crippen molar-refractivity contribution in [1.82, 2.24) is 15.5 Å². The van der Waals surface area contributed by atoms with Gasteiger partial charge in [-0.15, -0.1) is 10.2 Å². The number of rotatable bonds is 5. The van der Waals surface area contributed by atoms with Gasteiger partial charge in [0, 0.05) is 11.7 Å². The van der Waals surface area contributed by atoms with Crippen LogP contribution in [-0.2, 0) is 0 Å². The predicted molar refractivity (Wildman–Crippen MR) is 102 cm³/mol. The van der Waals surface area contributed by atoms with Crippen molar-refractivity contribution in [2.45, 2.75) is 44.6 Å². The summed E-state index contributed by atoms with van der Waals surface area (Å²) in [4.78, 5) is 12.3. The molecule has 0 spiro atoms. The number of aromatic nitrogens is 2. The summed E-state index contributed by atoms with van der Waals surface area (Å²) >= 11 is 6.11. The van der Waals surface area contributed by atoms with E-state index < -0.39 is 0 Å². The number of methoxy groups -OCH3 is 1. The molecule has 2 aromatic rings. The number of ether oxygens (including phenoxy) is 1. The van der Waals surface area contributed by atoms with Crippen LogP contribution in [0.15, 0.2) is 30.3 Å². The van der Waals surface area contributed by atoms with Crippen LogP contribution >= 0.6 is 11.6 Å². The first kappa shape index (κ1) is 18.5. The van der Waals surface area contributed by atoms with Gasteiger partial charge < -0.3 is 15.4 Å². The lowest BCUT2D eigenvalue weighted by atomic mass is 10.1. The third-order valence-electron chi connectivity index (χ3n) is 4.51. The second-order valence-corrected chi connectivity index (χ2v) is 6.85. The van der Waals surface area contributed by atoms with Gasteiger partial charge in [0.1, 0.15) is 5.75 Å². The second-order valence-electron chi connectivity index (χ2n) is 6.44. The summed E-state index contributed by atoms with van der Waals surface area (Å²) in [6.07, 6.45) is 6.92. The zero-order valence-corrected chi connectivity index (χ0v) is 15.6. The SMILES string of the molecule is COc1ccc(Nc2ccc(C(=O)NC3CCCCCC3)nn2)cc1Cl. The molecule has 7 heteroatoms. The minimum atomic E-state index is -0.163. The molecule has 1 heterocycles. The van der Waals surface area contributed by atoms with Gasteiger partial charge in [-0.25, -0.2) is 0 Å². The van der Waals surface area contributed by atoms with Crippen LogP contribution in [0.1, 0.15) is 49.0 Å². The van der Waals surface area contributed by atoms with Gasteiger partial charge in [0.15, 0.2) is 11.5 Å². The van der Waals surface area contributed by atoms with Gasteiger partial charge in [0.25, 0.3) is 5.91 Å². The molecule has 2 N–H and O–H groups in total. The molecule has 1 aliphatic carbocycles. The van der Waals surface area contributed by atoms with Crippen molar-refractivity contribution in [2.75, 3.05) is 12.4 Å². The number of halogens is 1. The van der Waals surface area contributed by atoms with E-state index in [1.165, 1.54) is 25.7 Å². The molecule has 1 fully saturated rings. The van der Waals surface area contributed by atoms with Crippen LogP contribution in [0.5, 0.6) is 5.75 Å². The standard InChI is InChI=1S/C19H23ClN4O2/c1-26-17-10-8-14(12-15(17)20)21-18-11-9-16(23-24-18)19(25)22-13-6-4-2-3-5-7-13/h8-13H,2-7H2,1H3,(H,21,24)(H,22,25). The molecule has 0 bridgehead atoms. The summed E-state index contributed by atoms with van der Waals surface area (Å²) in [6, 6.07) is 8.99. The molecule has 1 aromatic heterocycles. The molecule has 3 rings (SSSR count). The monoisotopic (exact) mass is 374 g/mol. The van der Waals surface area contributed by atoms with Crippen molar-refractivity contribution >= 4 is 29.0 Å². The minimum absolute atomic E-state index is 0.163. The summed E-state index contributed by atoms with van der Waals surface area (Å²) in [5.74, 6) is 0.981. The van der Waals surface area contributed by atoms with E-state index in [1.54, 1.807) is 31.4 Å². The van der Waals surface area contributed by atoms with Crippen molar-refractivity contribution < 1.29 is 9.53 Å². The van der Waals surface area contributed by atoms with Crippen LogP contribution in [0.2, 0.25) is 5.02 Å². The molecular weight excluding hydrogens is 352 g/mol. The molecule has 1 saturated carbocycles. The molecule has 1 aliphatic rings. The molecule has 0 saturated heterocycles. The Morgan fingerprint density at radius 1 is 1.12 bits per heavy atom. The highest BCUT2D eigenvalue weighted by molar-refractivity contribution is 6.32. The second kappa shape index (κ2) is 8.85. The zero-order valence-electron chi connectivity index (χ0n) is 14.8. The van der Waals surface area contributed by atoms with E-state index in [2.05, 4.69) is 20.8 Å². The first-order valence-electron chi connectivity index (χ1n) is 8.91. The third-order valence-corrected chi connectivity index (χ3v) is 4.81. The molecule has 26 heavy (non-hydrogen) atoms. The van der Waals surface area contributed by atoms with Gasteiger partial charge in [-0.3, -0.25) is 4.79 Å². The van der Waals surface area contributed by atoms with Crippen LogP contribution in [0, 0.1) is 0 Å². The Labute approximate surface area is 158 Å². The van der Waals surface area contributed by atoms with Crippen molar-refractivity contribution in [3.8, 4) is 5.75 Å². The van der Waals surface area contributed by atoms with Gasteiger partial charge in [-0.05, 0) is 43.2 Å². The average Bonchev–Trinajstić information content (AvgIpc) is 2.91. The Balaban J connectivity index is 1.60. The highest BCUT2D eigenvalue weighted by Gasteiger charge is 2.17. The van der Waals surface area contributed by atoms with Gasteiger partial charge in [0.05, 0.1) is 12.1 Å². The number of anilines is 2. The van der Waals surface area contributed by atoms with Crippen molar-refractivity contribution in [2.24, 2.45) is 0 Å². The molecular formula is C19H23ClN4O2. The van der Waals surface area contributed by atoms with Crippen molar-refractivity contribution in [3.05, 3.63) is 41.0 Å². The van der Waals surface area contributed by atoms with E-state index in [1.807, 2.05) is 6.07 Å². The van der Waals surface area contributed by atoms with Crippen LogP contribution in [-0.4, -0.2) is 29.3 Å². The van der Waals surface area contributed by atoms with Gasteiger partial charge in [-0.1, -0.05) is 37.3 Å². The molecule has 1 aromatic carbocycles. The minimum Gasteiger partial charge on any atom is -0.495 e. The Bertz CT molecular complexity index is 744. The van der Waals surface area contributed by atoms with Crippen LogP contribution < -0.4 is 15.4 Å². The number of amides is 1. The van der Waals surface area contributed by atoms with Crippen molar-refractivity contribution in [3.63, 3.8) is 0 Å². The highest BCUT2D eigenvalue weighted by Crippen LogP contribution is 2.28. The van der Waals surface area contributed by atoms with Crippen LogP contribution in [0.4, 0.5) is 11.5 Å². The number of nitrogens with zero attached hydrogens (tertiary/aromatic N) is 2. The molecule has 138 valence electrons. The fourth-order valence-electron chi connectivity index (χ4n) is 3.10. The van der Waals surface area contributed by atoms with Gasteiger partial charge in [-0.2, -0.15) is 0 Å². The topological polar surface area (TPSA) is 76.1 Å². The maximum absolute atomic E-state index is 12.3. The third kappa shape index (κ3) is 4.85. The Kier molecular flexibility index (Phi) is 6.28. The van der Waals surface area contributed by atoms with E-state index in [-0.39, 0.29) is 11.9 Å². The summed E-state index contributed by atoms with van der Waals surface area (Å²) in [6.45, 7) is 0. The van der Waals surface area contributed by atoms with Gasteiger partial charge in [0.2, 0.25) is 0 Å². The summed E-state index contributed by atoms with van der Waals surface area (Å²) < 4.78 is 5.13. The van der Waals surface area contributed by atoms with Crippen molar-refractivity contribution in [1.29, 1.82) is 0 Å². The van der Waals surface area contributed by atoms with Crippen LogP contribution in [0.25, 0.3) is 0 Å². The van der Waals surface area contributed by atoms with E-state index in [4.69, 9.17) is 16.3 Å². The van der Waals surface area contributed by atoms with E-state index >= 15 is 0 Å². The predicted octanol–water partition coefficient (Wildman–Crippen LogP) is 4.33. The molecule has 1 amide bonds. The summed E-state index contributed by atoms with van der Waals surface area (Å²) in [7, 11) is 1.57. The molecule has 6 nitrogen and oxygen atoms in total. The fraction of sp³-hybridized carbons (Fsp3) is 0.421. The number of benzene rings is 1. The average molecular weight is 375 g/mol. The first-order chi connectivity index (χ1) is 12.7. The van der Waals surface area contributed by atoms with Gasteiger partial charge >= 0.3 is 0 Å². The number of nitrogens with one attached hydrogen (secondary N) is 2. The summed E-state index contributed by atoms with van der Waals surface area (Å²) in [5, 5.41) is 14.8. The maximum Gasteiger partial charge on any atom is 0.272 e. The lowest BCUT2D eigenvalue weighted by Gasteiger charge is -2.15. The molecule has 0 aliphatic heterocycles. The highest BCUT2D eigenvalue weighted by atomic mass is 35.5. The molecule has 0 unspecified atom stereocenters. The number of carbonyl (C=O) groups is 1. The van der Waals surface area contributed by atoms with E-state index in [0.29, 0.717) is 22.3 Å². The van der Waals surface area contributed by atoms with Crippen LogP contribution in [0.3, 0.4) is 0 Å². The van der Waals surface area contributed by atoms with E-state index in [9.17, 15) is 4.79 Å². The number of hydrogen-bond acceptors (Lipinski definition) is 5. The fourth-order valence-corrected chi connectivity index (χ4v) is 3.35. The normalized spacial score (nSPS) is 15.2. The van der Waals surface area contributed by atoms with E-state index in [0.717, 1.165) is 18.5 Å². The smallest absolute Gasteiger partial charge is 0.272 e. The number of carbonyl (C=O) groups excluding carboxylic acids is 1. The molecule has 0 radical (unpaired) electrons. The lowest BCUT2D eigenvalue weighted by Crippen LogP contribution is -2.35. The first-order valence-corrected chi connectivity index (χ1v) is 9.28. The Morgan fingerprint density at radius 3 is 2.50 bits per heavy atom. The molecule has 0 atom stereocenters. The lowest BCUT2D eigenvalue weighted by molar-refractivity contribution is 0.0927. The summed E-state index contributed by atoms with van der Waals surface area (Å²) in [5.41, 5.74) is 1.09. The maximum atomic E-state index is 12.3. The largest absolute Gasteiger partial charge is 0.495 e. The quantitative estimate of drug-likeness (QED) is 0.761.